The van der Waals surface area contributed by atoms with E-state index < -0.39 is 0 Å². The quantitative estimate of drug-likeness (QED) is 0.658. The minimum atomic E-state index is -0.372. The minimum Gasteiger partial charge on any atom is -0.496 e. The molecule has 5 heteroatoms. The molecule has 0 heterocycles. The van der Waals surface area contributed by atoms with E-state index in [0.29, 0.717) is 23.4 Å². The van der Waals surface area contributed by atoms with Crippen molar-refractivity contribution in [3.05, 3.63) is 28.3 Å². The molecule has 0 spiro atoms. The molecule has 1 saturated carbocycles. The van der Waals surface area contributed by atoms with Crippen LogP contribution >= 0.6 is 0 Å². The predicted octanol–water partition coefficient (Wildman–Crippen LogP) is 3.20. The van der Waals surface area contributed by atoms with E-state index in [4.69, 9.17) is 4.74 Å². The van der Waals surface area contributed by atoms with Gasteiger partial charge in [0.25, 0.3) is 5.69 Å². The van der Waals surface area contributed by atoms with E-state index in [1.54, 1.807) is 12.1 Å². The number of nitro groups is 1. The van der Waals surface area contributed by atoms with Gasteiger partial charge in [0.1, 0.15) is 11.4 Å². The van der Waals surface area contributed by atoms with Gasteiger partial charge in [0, 0.05) is 6.04 Å². The van der Waals surface area contributed by atoms with Gasteiger partial charge in [-0.3, -0.25) is 10.1 Å². The Labute approximate surface area is 106 Å². The topological polar surface area (TPSA) is 64.4 Å². The van der Waals surface area contributed by atoms with Crippen molar-refractivity contribution in [1.82, 2.24) is 0 Å². The summed E-state index contributed by atoms with van der Waals surface area (Å²) in [5, 5.41) is 14.3. The highest BCUT2D eigenvalue weighted by Crippen LogP contribution is 2.33. The number of nitrogens with one attached hydrogen (secondary N) is 1. The molecule has 0 aromatic heterocycles. The smallest absolute Gasteiger partial charge is 0.296 e. The first kappa shape index (κ1) is 12.7. The molecule has 2 rings (SSSR count). The Kier molecular flexibility index (Phi) is 3.69. The molecular weight excluding hydrogens is 232 g/mol. The summed E-state index contributed by atoms with van der Waals surface area (Å²) in [6, 6.07) is 5.26. The Morgan fingerprint density at radius 2 is 2.22 bits per heavy atom. The third-order valence-electron chi connectivity index (χ3n) is 3.46. The lowest BCUT2D eigenvalue weighted by Gasteiger charge is -2.14. The van der Waals surface area contributed by atoms with Crippen molar-refractivity contribution in [2.24, 2.45) is 5.92 Å². The highest BCUT2D eigenvalue weighted by Gasteiger charge is 2.24. The number of methoxy groups -OCH3 is 1. The molecule has 0 amide bonds. The molecule has 1 N–H and O–H groups in total. The maximum absolute atomic E-state index is 11.0. The summed E-state index contributed by atoms with van der Waals surface area (Å²) in [5.74, 6) is 1.20. The molecule has 1 aliphatic rings. The number of anilines is 1. The SMILES string of the molecule is COc1ccc(NC2CCC(C)C2)c([N+](=O)[O-])c1. The van der Waals surface area contributed by atoms with Crippen LogP contribution in [0.4, 0.5) is 11.4 Å². The summed E-state index contributed by atoms with van der Waals surface area (Å²) in [4.78, 5) is 10.7. The van der Waals surface area contributed by atoms with E-state index in [9.17, 15) is 10.1 Å². The Morgan fingerprint density at radius 1 is 1.44 bits per heavy atom. The molecule has 0 saturated heterocycles. The van der Waals surface area contributed by atoms with Crippen molar-refractivity contribution >= 4 is 11.4 Å². The Balaban J connectivity index is 2.18. The summed E-state index contributed by atoms with van der Waals surface area (Å²) < 4.78 is 5.01. The summed E-state index contributed by atoms with van der Waals surface area (Å²) in [6.07, 6.45) is 3.33. The summed E-state index contributed by atoms with van der Waals surface area (Å²) >= 11 is 0. The second kappa shape index (κ2) is 5.25. The molecule has 2 atom stereocenters. The normalized spacial score (nSPS) is 22.8. The standard InChI is InChI=1S/C13H18N2O3/c1-9-3-4-10(7-9)14-12-6-5-11(18-2)8-13(12)15(16)17/h5-6,8-10,14H,3-4,7H2,1-2H3. The van der Waals surface area contributed by atoms with Gasteiger partial charge in [-0.1, -0.05) is 6.92 Å². The molecule has 1 aromatic carbocycles. The lowest BCUT2D eigenvalue weighted by Crippen LogP contribution is -2.16. The second-order valence-corrected chi connectivity index (χ2v) is 4.90. The van der Waals surface area contributed by atoms with Crippen LogP contribution in [0.3, 0.4) is 0 Å². The molecule has 1 aromatic rings. The first-order valence-electron chi connectivity index (χ1n) is 6.19. The van der Waals surface area contributed by atoms with Crippen molar-refractivity contribution in [3.63, 3.8) is 0 Å². The summed E-state index contributed by atoms with van der Waals surface area (Å²) in [6.45, 7) is 2.21. The monoisotopic (exact) mass is 250 g/mol. The predicted molar refractivity (Wildman–Crippen MR) is 70.1 cm³/mol. The Hall–Kier alpha value is -1.78. The third kappa shape index (κ3) is 2.72. The summed E-state index contributed by atoms with van der Waals surface area (Å²) in [5.41, 5.74) is 0.661. The van der Waals surface area contributed by atoms with Gasteiger partial charge in [-0.05, 0) is 37.3 Å². The fourth-order valence-electron chi connectivity index (χ4n) is 2.47. The zero-order valence-electron chi connectivity index (χ0n) is 10.7. The number of benzene rings is 1. The number of nitrogens with zero attached hydrogens (tertiary/aromatic N) is 1. The largest absolute Gasteiger partial charge is 0.496 e. The molecule has 0 radical (unpaired) electrons. The van der Waals surface area contributed by atoms with E-state index in [1.165, 1.54) is 19.6 Å². The zero-order valence-corrected chi connectivity index (χ0v) is 10.7. The number of hydrogen-bond donors (Lipinski definition) is 1. The van der Waals surface area contributed by atoms with Gasteiger partial charge >= 0.3 is 0 Å². The number of nitro benzene ring substituents is 1. The average Bonchev–Trinajstić information content (AvgIpc) is 2.75. The van der Waals surface area contributed by atoms with E-state index in [2.05, 4.69) is 12.2 Å². The second-order valence-electron chi connectivity index (χ2n) is 4.90. The van der Waals surface area contributed by atoms with Gasteiger partial charge in [0.2, 0.25) is 0 Å². The van der Waals surface area contributed by atoms with Crippen molar-refractivity contribution in [2.75, 3.05) is 12.4 Å². The molecular formula is C13H18N2O3. The van der Waals surface area contributed by atoms with Crippen LogP contribution in [0.5, 0.6) is 5.75 Å². The van der Waals surface area contributed by atoms with Crippen LogP contribution in [0.2, 0.25) is 0 Å². The van der Waals surface area contributed by atoms with E-state index in [-0.39, 0.29) is 10.6 Å². The lowest BCUT2D eigenvalue weighted by molar-refractivity contribution is -0.384. The number of hydrogen-bond acceptors (Lipinski definition) is 4. The third-order valence-corrected chi connectivity index (χ3v) is 3.46. The van der Waals surface area contributed by atoms with Crippen molar-refractivity contribution < 1.29 is 9.66 Å². The van der Waals surface area contributed by atoms with Crippen molar-refractivity contribution in [2.45, 2.75) is 32.2 Å². The fraction of sp³-hybridized carbons (Fsp3) is 0.538. The van der Waals surface area contributed by atoms with Gasteiger partial charge < -0.3 is 10.1 Å². The molecule has 2 unspecified atom stereocenters. The van der Waals surface area contributed by atoms with Gasteiger partial charge in [-0.15, -0.1) is 0 Å². The zero-order chi connectivity index (χ0) is 13.1. The number of rotatable bonds is 4. The van der Waals surface area contributed by atoms with Crippen LogP contribution in [-0.4, -0.2) is 18.1 Å². The minimum absolute atomic E-state index is 0.0777. The highest BCUT2D eigenvalue weighted by molar-refractivity contribution is 5.64. The molecule has 5 nitrogen and oxygen atoms in total. The average molecular weight is 250 g/mol. The first-order chi connectivity index (χ1) is 8.60. The molecule has 1 aliphatic carbocycles. The molecule has 18 heavy (non-hydrogen) atoms. The van der Waals surface area contributed by atoms with Crippen LogP contribution in [0.15, 0.2) is 18.2 Å². The van der Waals surface area contributed by atoms with Gasteiger partial charge in [0.05, 0.1) is 18.1 Å². The van der Waals surface area contributed by atoms with Gasteiger partial charge in [-0.2, -0.15) is 0 Å². The maximum atomic E-state index is 11.0. The van der Waals surface area contributed by atoms with Crippen molar-refractivity contribution in [1.29, 1.82) is 0 Å². The van der Waals surface area contributed by atoms with Gasteiger partial charge in [-0.25, -0.2) is 0 Å². The van der Waals surface area contributed by atoms with Crippen LogP contribution < -0.4 is 10.1 Å². The molecule has 0 bridgehead atoms. The Bertz CT molecular complexity index is 448. The molecule has 1 fully saturated rings. The van der Waals surface area contributed by atoms with Crippen LogP contribution in [-0.2, 0) is 0 Å². The van der Waals surface area contributed by atoms with Gasteiger partial charge in [0.15, 0.2) is 0 Å². The Morgan fingerprint density at radius 3 is 2.78 bits per heavy atom. The molecule has 0 aliphatic heterocycles. The molecule has 98 valence electrons. The van der Waals surface area contributed by atoms with E-state index >= 15 is 0 Å². The maximum Gasteiger partial charge on any atom is 0.296 e. The van der Waals surface area contributed by atoms with E-state index in [0.717, 1.165) is 12.8 Å². The van der Waals surface area contributed by atoms with Crippen LogP contribution in [0, 0.1) is 16.0 Å². The summed E-state index contributed by atoms with van der Waals surface area (Å²) in [7, 11) is 1.50. The van der Waals surface area contributed by atoms with Crippen LogP contribution in [0.25, 0.3) is 0 Å². The van der Waals surface area contributed by atoms with Crippen molar-refractivity contribution in [3.8, 4) is 5.75 Å². The first-order valence-corrected chi connectivity index (χ1v) is 6.19. The lowest BCUT2D eigenvalue weighted by atomic mass is 10.1. The highest BCUT2D eigenvalue weighted by atomic mass is 16.6. The van der Waals surface area contributed by atoms with E-state index in [1.807, 2.05) is 0 Å². The fourth-order valence-corrected chi connectivity index (χ4v) is 2.47. The van der Waals surface area contributed by atoms with Crippen LogP contribution in [0.1, 0.15) is 26.2 Å². The number of ether oxygens (including phenoxy) is 1.